The smallest absolute Gasteiger partial charge is 0.137 e. The summed E-state index contributed by atoms with van der Waals surface area (Å²) < 4.78 is 18.3. The van der Waals surface area contributed by atoms with Crippen LogP contribution in [0.1, 0.15) is 23.6 Å². The lowest BCUT2D eigenvalue weighted by Crippen LogP contribution is -2.61. The Bertz CT molecular complexity index is 923. The normalized spacial score (nSPS) is 22.2. The first-order valence-corrected chi connectivity index (χ1v) is 11.5. The molecule has 2 saturated heterocycles. The second-order valence-corrected chi connectivity index (χ2v) is 8.93. The van der Waals surface area contributed by atoms with Gasteiger partial charge in [-0.25, -0.2) is 0 Å². The Morgan fingerprint density at radius 3 is 2.38 bits per heavy atom. The molecule has 3 unspecified atom stereocenters. The fraction of sp³-hybridized carbons (Fsp3) is 0.500. The van der Waals surface area contributed by atoms with Crippen LogP contribution in [0.15, 0.2) is 42.5 Å². The minimum Gasteiger partial charge on any atom is -0.491 e. The molecule has 2 aliphatic rings. The van der Waals surface area contributed by atoms with Gasteiger partial charge in [0.1, 0.15) is 30.8 Å². The maximum atomic E-state index is 9.20. The molecule has 2 heterocycles. The summed E-state index contributed by atoms with van der Waals surface area (Å²) in [7, 11) is 0. The van der Waals surface area contributed by atoms with Crippen LogP contribution in [-0.2, 0) is 4.74 Å². The van der Waals surface area contributed by atoms with Crippen molar-refractivity contribution in [2.24, 2.45) is 0 Å². The van der Waals surface area contributed by atoms with E-state index in [0.717, 1.165) is 38.5 Å². The zero-order chi connectivity index (χ0) is 22.5. The fourth-order valence-corrected chi connectivity index (χ4v) is 4.66. The van der Waals surface area contributed by atoms with Crippen molar-refractivity contribution in [3.05, 3.63) is 59.2 Å². The van der Waals surface area contributed by atoms with Gasteiger partial charge in [0.2, 0.25) is 0 Å². The number of nitrogens with zero attached hydrogens (tertiary/aromatic N) is 3. The molecule has 6 nitrogen and oxygen atoms in total. The van der Waals surface area contributed by atoms with Gasteiger partial charge in [-0.1, -0.05) is 30.3 Å². The maximum absolute atomic E-state index is 9.20. The van der Waals surface area contributed by atoms with Crippen LogP contribution in [0.4, 0.5) is 0 Å². The highest BCUT2D eigenvalue weighted by atomic mass is 16.5. The first kappa shape index (κ1) is 22.6. The number of hydrogen-bond donors (Lipinski definition) is 0. The molecule has 170 valence electrons. The van der Waals surface area contributed by atoms with Crippen LogP contribution in [0.3, 0.4) is 0 Å². The predicted molar refractivity (Wildman–Crippen MR) is 124 cm³/mol. The number of fused-ring (bicyclic) bond motifs is 2. The zero-order valence-electron chi connectivity index (χ0n) is 19.3. The second-order valence-electron chi connectivity index (χ2n) is 8.93. The summed E-state index contributed by atoms with van der Waals surface area (Å²) >= 11 is 0. The van der Waals surface area contributed by atoms with E-state index in [9.17, 15) is 5.26 Å². The number of benzene rings is 2. The number of nitriles is 1. The van der Waals surface area contributed by atoms with Crippen LogP contribution in [0, 0.1) is 25.2 Å². The van der Waals surface area contributed by atoms with Gasteiger partial charge in [0.25, 0.3) is 0 Å². The van der Waals surface area contributed by atoms with Gasteiger partial charge in [0.05, 0.1) is 17.8 Å². The minimum atomic E-state index is 0.205. The molecule has 6 heteroatoms. The van der Waals surface area contributed by atoms with Gasteiger partial charge >= 0.3 is 0 Å². The van der Waals surface area contributed by atoms with E-state index in [-0.39, 0.29) is 12.2 Å². The van der Waals surface area contributed by atoms with E-state index >= 15 is 0 Å². The van der Waals surface area contributed by atoms with Gasteiger partial charge in [-0.3, -0.25) is 9.80 Å². The van der Waals surface area contributed by atoms with Crippen LogP contribution in [0.25, 0.3) is 0 Å². The highest BCUT2D eigenvalue weighted by Gasteiger charge is 2.36. The molecular formula is C26H33N3O3. The van der Waals surface area contributed by atoms with Crippen LogP contribution >= 0.6 is 0 Å². The van der Waals surface area contributed by atoms with Crippen molar-refractivity contribution in [1.29, 1.82) is 5.26 Å². The molecule has 0 aliphatic carbocycles. The van der Waals surface area contributed by atoms with Crippen molar-refractivity contribution >= 4 is 0 Å². The minimum absolute atomic E-state index is 0.205. The molecule has 0 N–H and O–H groups in total. The van der Waals surface area contributed by atoms with E-state index in [4.69, 9.17) is 14.2 Å². The zero-order valence-corrected chi connectivity index (χ0v) is 19.3. The van der Waals surface area contributed by atoms with Crippen molar-refractivity contribution in [2.75, 3.05) is 45.9 Å². The Morgan fingerprint density at radius 1 is 1.00 bits per heavy atom. The topological polar surface area (TPSA) is 58.0 Å². The average molecular weight is 436 g/mol. The highest BCUT2D eigenvalue weighted by Crippen LogP contribution is 2.25. The Labute approximate surface area is 191 Å². The third-order valence-electron chi connectivity index (χ3n) is 6.36. The molecule has 0 amide bonds. The predicted octanol–water partition coefficient (Wildman–Crippen LogP) is 3.41. The number of para-hydroxylation sites is 2. The molecule has 3 atom stereocenters. The first-order valence-electron chi connectivity index (χ1n) is 11.5. The van der Waals surface area contributed by atoms with Crippen LogP contribution < -0.4 is 9.47 Å². The van der Waals surface area contributed by atoms with Crippen molar-refractivity contribution in [3.63, 3.8) is 0 Å². The van der Waals surface area contributed by atoms with E-state index in [1.165, 1.54) is 11.1 Å². The van der Waals surface area contributed by atoms with Crippen molar-refractivity contribution < 1.29 is 14.2 Å². The lowest BCUT2D eigenvalue weighted by Gasteiger charge is -2.47. The SMILES string of the molecule is Cc1cccc(C)c1OCC(C)N1CC2CN(CCOc3ccccc3C#N)CC(C1)O2. The molecule has 2 fully saturated rings. The molecule has 0 aromatic heterocycles. The van der Waals surface area contributed by atoms with Gasteiger partial charge in [0, 0.05) is 38.8 Å². The Kier molecular flexibility index (Phi) is 7.31. The molecular weight excluding hydrogens is 402 g/mol. The number of ether oxygens (including phenoxy) is 3. The molecule has 4 rings (SSSR count). The van der Waals surface area contributed by atoms with Crippen LogP contribution in [0.2, 0.25) is 0 Å². The summed E-state index contributed by atoms with van der Waals surface area (Å²) in [5.74, 6) is 1.67. The molecule has 0 spiro atoms. The van der Waals surface area contributed by atoms with E-state index in [0.29, 0.717) is 30.6 Å². The molecule has 32 heavy (non-hydrogen) atoms. The van der Waals surface area contributed by atoms with E-state index in [1.54, 1.807) is 6.07 Å². The number of rotatable bonds is 8. The summed E-state index contributed by atoms with van der Waals surface area (Å²) in [6, 6.07) is 16.2. The van der Waals surface area contributed by atoms with Crippen molar-refractivity contribution in [2.45, 2.75) is 39.0 Å². The number of hydrogen-bond acceptors (Lipinski definition) is 6. The summed E-state index contributed by atoms with van der Waals surface area (Å²) in [6.45, 7) is 12.2. The Balaban J connectivity index is 1.24. The lowest BCUT2D eigenvalue weighted by atomic mass is 10.1. The Morgan fingerprint density at radius 2 is 1.69 bits per heavy atom. The van der Waals surface area contributed by atoms with Crippen LogP contribution in [0.5, 0.6) is 11.5 Å². The molecule has 2 bridgehead atoms. The first-order chi connectivity index (χ1) is 15.5. The van der Waals surface area contributed by atoms with Gasteiger partial charge in [-0.05, 0) is 44.0 Å². The third kappa shape index (κ3) is 5.42. The summed E-state index contributed by atoms with van der Waals surface area (Å²) in [5.41, 5.74) is 2.96. The van der Waals surface area contributed by atoms with Gasteiger partial charge < -0.3 is 14.2 Å². The van der Waals surface area contributed by atoms with Gasteiger partial charge in [-0.15, -0.1) is 0 Å². The van der Waals surface area contributed by atoms with Gasteiger partial charge in [0.15, 0.2) is 0 Å². The average Bonchev–Trinajstić information content (AvgIpc) is 2.78. The largest absolute Gasteiger partial charge is 0.491 e. The summed E-state index contributed by atoms with van der Waals surface area (Å²) in [5, 5.41) is 9.20. The maximum Gasteiger partial charge on any atom is 0.137 e. The third-order valence-corrected chi connectivity index (χ3v) is 6.36. The molecule has 2 aromatic carbocycles. The Hall–Kier alpha value is -2.59. The molecule has 2 aromatic rings. The van der Waals surface area contributed by atoms with Crippen molar-refractivity contribution in [3.8, 4) is 17.6 Å². The fourth-order valence-electron chi connectivity index (χ4n) is 4.66. The van der Waals surface area contributed by atoms with E-state index < -0.39 is 0 Å². The van der Waals surface area contributed by atoms with Crippen molar-refractivity contribution in [1.82, 2.24) is 9.80 Å². The van der Waals surface area contributed by atoms with Crippen LogP contribution in [-0.4, -0.2) is 74.0 Å². The monoisotopic (exact) mass is 435 g/mol. The standard InChI is InChI=1S/C26H33N3O3/c1-19-7-6-8-20(2)26(19)31-18-21(3)29-16-23-14-28(15-24(17-29)32-23)11-12-30-25-10-5-4-9-22(25)13-27/h4-10,21,23-24H,11-12,14-18H2,1-3H3. The van der Waals surface area contributed by atoms with E-state index in [1.807, 2.05) is 18.2 Å². The van der Waals surface area contributed by atoms with Gasteiger partial charge in [-0.2, -0.15) is 5.26 Å². The quantitative estimate of drug-likeness (QED) is 0.633. The number of aryl methyl sites for hydroxylation is 2. The highest BCUT2D eigenvalue weighted by molar-refractivity contribution is 5.42. The van der Waals surface area contributed by atoms with E-state index in [2.05, 4.69) is 54.8 Å². The number of morpholine rings is 2. The summed E-state index contributed by atoms with van der Waals surface area (Å²) in [4.78, 5) is 4.92. The lowest BCUT2D eigenvalue weighted by molar-refractivity contribution is -0.147. The second kappa shape index (κ2) is 10.4. The molecule has 2 aliphatic heterocycles. The summed E-state index contributed by atoms with van der Waals surface area (Å²) in [6.07, 6.45) is 0.410. The molecule has 0 saturated carbocycles. The molecule has 0 radical (unpaired) electrons.